The van der Waals surface area contributed by atoms with Gasteiger partial charge in [0.15, 0.2) is 0 Å². The van der Waals surface area contributed by atoms with Crippen LogP contribution in [0.25, 0.3) is 11.3 Å². The van der Waals surface area contributed by atoms with E-state index in [1.54, 1.807) is 29.2 Å². The van der Waals surface area contributed by atoms with E-state index in [4.69, 9.17) is 10.5 Å². The summed E-state index contributed by atoms with van der Waals surface area (Å²) in [5.74, 6) is 0.137. The molecule has 1 aromatic carbocycles. The van der Waals surface area contributed by atoms with Crippen molar-refractivity contribution in [3.05, 3.63) is 54.7 Å². The van der Waals surface area contributed by atoms with Crippen LogP contribution in [0.4, 0.5) is 14.9 Å². The SMILES string of the molecule is Cn1cc(-c2cc(Oc3ccc(NC(N)=O)c(F)c3)ccn2)cn1. The van der Waals surface area contributed by atoms with Crippen molar-refractivity contribution in [2.24, 2.45) is 12.8 Å². The van der Waals surface area contributed by atoms with Crippen molar-refractivity contribution in [3.63, 3.8) is 0 Å². The third-order valence-electron chi connectivity index (χ3n) is 3.17. The van der Waals surface area contributed by atoms with Gasteiger partial charge in [-0.1, -0.05) is 0 Å². The molecule has 0 bridgehead atoms. The fourth-order valence-electron chi connectivity index (χ4n) is 2.12. The Morgan fingerprint density at radius 1 is 1.29 bits per heavy atom. The Kier molecular flexibility index (Phi) is 4.11. The molecule has 0 saturated heterocycles. The minimum atomic E-state index is -0.835. The minimum absolute atomic E-state index is 0.0133. The lowest BCUT2D eigenvalue weighted by atomic mass is 10.2. The largest absolute Gasteiger partial charge is 0.457 e. The number of primary amides is 1. The van der Waals surface area contributed by atoms with Crippen molar-refractivity contribution in [1.29, 1.82) is 0 Å². The number of benzene rings is 1. The van der Waals surface area contributed by atoms with Crippen molar-refractivity contribution in [2.75, 3.05) is 5.32 Å². The molecule has 122 valence electrons. The third-order valence-corrected chi connectivity index (χ3v) is 3.17. The van der Waals surface area contributed by atoms with Crippen LogP contribution in [0.15, 0.2) is 48.9 Å². The van der Waals surface area contributed by atoms with E-state index in [0.29, 0.717) is 11.4 Å². The number of pyridine rings is 1. The van der Waals surface area contributed by atoms with Crippen molar-refractivity contribution in [1.82, 2.24) is 14.8 Å². The molecule has 3 rings (SSSR count). The summed E-state index contributed by atoms with van der Waals surface area (Å²) in [6, 6.07) is 6.61. The van der Waals surface area contributed by atoms with E-state index in [1.807, 2.05) is 13.2 Å². The maximum absolute atomic E-state index is 13.9. The topological polar surface area (TPSA) is 95.1 Å². The number of amides is 2. The first-order valence-corrected chi connectivity index (χ1v) is 7.00. The first-order chi connectivity index (χ1) is 11.5. The van der Waals surface area contributed by atoms with Gasteiger partial charge in [0.1, 0.15) is 17.3 Å². The maximum atomic E-state index is 13.9. The molecule has 0 unspecified atom stereocenters. The molecule has 24 heavy (non-hydrogen) atoms. The Bertz CT molecular complexity index is 894. The van der Waals surface area contributed by atoms with Crippen LogP contribution in [0.1, 0.15) is 0 Å². The zero-order valence-corrected chi connectivity index (χ0v) is 12.7. The van der Waals surface area contributed by atoms with E-state index in [9.17, 15) is 9.18 Å². The normalized spacial score (nSPS) is 10.4. The molecule has 0 aliphatic heterocycles. The molecule has 0 spiro atoms. The summed E-state index contributed by atoms with van der Waals surface area (Å²) in [6.07, 6.45) is 5.11. The Hall–Kier alpha value is -3.42. The Balaban J connectivity index is 1.81. The lowest BCUT2D eigenvalue weighted by Gasteiger charge is -2.09. The summed E-state index contributed by atoms with van der Waals surface area (Å²) in [4.78, 5) is 15.0. The van der Waals surface area contributed by atoms with Gasteiger partial charge in [0.05, 0.1) is 17.6 Å². The standard InChI is InChI=1S/C16H14FN5O2/c1-22-9-10(8-20-22)15-7-12(4-5-19-15)24-11-2-3-14(13(17)6-11)21-16(18)23/h2-9H,1H3,(H3,18,21,23). The first kappa shape index (κ1) is 15.5. The first-order valence-electron chi connectivity index (χ1n) is 7.00. The molecule has 2 heterocycles. The molecule has 0 aliphatic rings. The van der Waals surface area contributed by atoms with Gasteiger partial charge >= 0.3 is 6.03 Å². The van der Waals surface area contributed by atoms with E-state index in [2.05, 4.69) is 15.4 Å². The van der Waals surface area contributed by atoms with E-state index in [-0.39, 0.29) is 11.4 Å². The van der Waals surface area contributed by atoms with E-state index < -0.39 is 11.8 Å². The molecule has 3 N–H and O–H groups in total. The molecule has 2 amide bonds. The van der Waals surface area contributed by atoms with Gasteiger partial charge in [0, 0.05) is 37.1 Å². The Morgan fingerprint density at radius 3 is 2.75 bits per heavy atom. The highest BCUT2D eigenvalue weighted by atomic mass is 19.1. The fraction of sp³-hybridized carbons (Fsp3) is 0.0625. The highest BCUT2D eigenvalue weighted by Crippen LogP contribution is 2.27. The van der Waals surface area contributed by atoms with Gasteiger partial charge in [0.2, 0.25) is 0 Å². The number of ether oxygens (including phenoxy) is 1. The fourth-order valence-corrected chi connectivity index (χ4v) is 2.12. The molecular formula is C16H14FN5O2. The van der Waals surface area contributed by atoms with Crippen molar-refractivity contribution in [3.8, 4) is 22.8 Å². The van der Waals surface area contributed by atoms with Gasteiger partial charge in [-0.3, -0.25) is 9.67 Å². The van der Waals surface area contributed by atoms with Gasteiger partial charge < -0.3 is 15.8 Å². The molecule has 2 aromatic heterocycles. The number of nitrogens with two attached hydrogens (primary N) is 1. The van der Waals surface area contributed by atoms with Crippen molar-refractivity contribution >= 4 is 11.7 Å². The number of carbonyl (C=O) groups is 1. The van der Waals surface area contributed by atoms with Gasteiger partial charge in [-0.25, -0.2) is 9.18 Å². The van der Waals surface area contributed by atoms with E-state index in [1.165, 1.54) is 12.1 Å². The molecule has 8 heteroatoms. The predicted molar refractivity (Wildman–Crippen MR) is 86.1 cm³/mol. The average Bonchev–Trinajstić information content (AvgIpc) is 2.97. The van der Waals surface area contributed by atoms with Crippen LogP contribution in [0, 0.1) is 5.82 Å². The van der Waals surface area contributed by atoms with Crippen LogP contribution in [-0.4, -0.2) is 20.8 Å². The van der Waals surface area contributed by atoms with E-state index in [0.717, 1.165) is 11.6 Å². The van der Waals surface area contributed by atoms with Crippen LogP contribution in [-0.2, 0) is 7.05 Å². The number of carbonyl (C=O) groups excluding carboxylic acids is 1. The predicted octanol–water partition coefficient (Wildman–Crippen LogP) is 2.90. The van der Waals surface area contributed by atoms with Crippen molar-refractivity contribution < 1.29 is 13.9 Å². The Morgan fingerprint density at radius 2 is 2.08 bits per heavy atom. The number of hydrogen-bond donors (Lipinski definition) is 2. The molecular weight excluding hydrogens is 313 g/mol. The molecule has 7 nitrogen and oxygen atoms in total. The third kappa shape index (κ3) is 3.49. The molecule has 0 radical (unpaired) electrons. The van der Waals surface area contributed by atoms with Crippen LogP contribution in [0.5, 0.6) is 11.5 Å². The number of urea groups is 1. The second kappa shape index (κ2) is 6.37. The lowest BCUT2D eigenvalue weighted by molar-refractivity contribution is 0.259. The number of rotatable bonds is 4. The average molecular weight is 327 g/mol. The van der Waals surface area contributed by atoms with Crippen LogP contribution >= 0.6 is 0 Å². The summed E-state index contributed by atoms with van der Waals surface area (Å²) in [5, 5.41) is 6.28. The smallest absolute Gasteiger partial charge is 0.316 e. The number of halogens is 1. The van der Waals surface area contributed by atoms with Crippen molar-refractivity contribution in [2.45, 2.75) is 0 Å². The summed E-state index contributed by atoms with van der Waals surface area (Å²) in [7, 11) is 1.81. The summed E-state index contributed by atoms with van der Waals surface area (Å²) in [6.45, 7) is 0. The number of aromatic nitrogens is 3. The van der Waals surface area contributed by atoms with Crippen LogP contribution < -0.4 is 15.8 Å². The summed E-state index contributed by atoms with van der Waals surface area (Å²) < 4.78 is 21.2. The number of anilines is 1. The number of hydrogen-bond acceptors (Lipinski definition) is 4. The molecule has 0 atom stereocenters. The van der Waals surface area contributed by atoms with E-state index >= 15 is 0 Å². The number of aryl methyl sites for hydroxylation is 1. The second-order valence-corrected chi connectivity index (χ2v) is 5.01. The zero-order chi connectivity index (χ0) is 17.1. The number of nitrogens with one attached hydrogen (secondary N) is 1. The highest BCUT2D eigenvalue weighted by molar-refractivity contribution is 5.87. The summed E-state index contributed by atoms with van der Waals surface area (Å²) in [5.41, 5.74) is 6.48. The van der Waals surface area contributed by atoms with Gasteiger partial charge in [-0.15, -0.1) is 0 Å². The number of nitrogens with zero attached hydrogens (tertiary/aromatic N) is 3. The van der Waals surface area contributed by atoms with Gasteiger partial charge in [0.25, 0.3) is 0 Å². The Labute approximate surface area is 136 Å². The summed E-state index contributed by atoms with van der Waals surface area (Å²) >= 11 is 0. The molecule has 0 saturated carbocycles. The highest BCUT2D eigenvalue weighted by Gasteiger charge is 2.08. The second-order valence-electron chi connectivity index (χ2n) is 5.01. The minimum Gasteiger partial charge on any atom is -0.457 e. The van der Waals surface area contributed by atoms with Crippen LogP contribution in [0.2, 0.25) is 0 Å². The molecule has 3 aromatic rings. The molecule has 0 aliphatic carbocycles. The lowest BCUT2D eigenvalue weighted by Crippen LogP contribution is -2.19. The maximum Gasteiger partial charge on any atom is 0.316 e. The van der Waals surface area contributed by atoms with Gasteiger partial charge in [-0.05, 0) is 18.2 Å². The zero-order valence-electron chi connectivity index (χ0n) is 12.7. The molecule has 0 fully saturated rings. The van der Waals surface area contributed by atoms with Crippen LogP contribution in [0.3, 0.4) is 0 Å². The quantitative estimate of drug-likeness (QED) is 0.770. The monoisotopic (exact) mass is 327 g/mol. The van der Waals surface area contributed by atoms with Gasteiger partial charge in [-0.2, -0.15) is 5.10 Å².